The minimum Gasteiger partial charge on any atom is -0.440 e. The largest absolute Gasteiger partial charge is 0.440 e. The van der Waals surface area contributed by atoms with Gasteiger partial charge in [-0.2, -0.15) is 0 Å². The van der Waals surface area contributed by atoms with Gasteiger partial charge in [-0.3, -0.25) is 9.36 Å². The van der Waals surface area contributed by atoms with Crippen molar-refractivity contribution in [3.05, 3.63) is 94.7 Å². The van der Waals surface area contributed by atoms with Crippen molar-refractivity contribution in [1.82, 2.24) is 14.6 Å². The van der Waals surface area contributed by atoms with Crippen LogP contribution in [0.15, 0.2) is 78.0 Å². The fourth-order valence-electron chi connectivity index (χ4n) is 2.77. The summed E-state index contributed by atoms with van der Waals surface area (Å²) in [5.41, 5.74) is 0.737. The Balaban J connectivity index is 1.45. The first-order valence-corrected chi connectivity index (χ1v) is 9.04. The van der Waals surface area contributed by atoms with E-state index >= 15 is 0 Å². The second-order valence-electron chi connectivity index (χ2n) is 6.35. The summed E-state index contributed by atoms with van der Waals surface area (Å²) in [6.07, 6.45) is 2.76. The molecule has 0 atom stereocenters. The van der Waals surface area contributed by atoms with Crippen molar-refractivity contribution in [1.29, 1.82) is 0 Å². The number of nitrogens with one attached hydrogen (secondary N) is 1. The van der Waals surface area contributed by atoms with E-state index in [1.54, 1.807) is 60.7 Å². The first kappa shape index (κ1) is 19.1. The predicted octanol–water partition coefficient (Wildman–Crippen LogP) is 1.64. The van der Waals surface area contributed by atoms with Crippen LogP contribution in [0.2, 0.25) is 0 Å². The van der Waals surface area contributed by atoms with Gasteiger partial charge in [0, 0.05) is 0 Å². The molecular formula is C21H17N4O5+. The Morgan fingerprint density at radius 1 is 0.933 bits per heavy atom. The molecule has 2 aromatic carbocycles. The van der Waals surface area contributed by atoms with Crippen LogP contribution in [-0.2, 0) is 22.9 Å². The molecule has 0 amide bonds. The predicted molar refractivity (Wildman–Crippen MR) is 104 cm³/mol. The summed E-state index contributed by atoms with van der Waals surface area (Å²) in [4.78, 5) is 40.9. The fraction of sp³-hybridized carbons (Fsp3) is 0.0952. The number of ether oxygens (including phenoxy) is 2. The molecule has 0 saturated heterocycles. The fourth-order valence-corrected chi connectivity index (χ4v) is 2.77. The summed E-state index contributed by atoms with van der Waals surface area (Å²) in [5.74, 6) is -1.03. The number of aromatic amines is 1. The summed E-state index contributed by atoms with van der Waals surface area (Å²) >= 11 is 0. The Labute approximate surface area is 170 Å². The topological polar surface area (TPSA) is 107 Å². The molecule has 4 rings (SSSR count). The lowest BCUT2D eigenvalue weighted by molar-refractivity contribution is -0.775. The zero-order valence-electron chi connectivity index (χ0n) is 15.7. The normalized spacial score (nSPS) is 10.7. The number of esters is 2. The van der Waals surface area contributed by atoms with Crippen molar-refractivity contribution in [3.63, 3.8) is 0 Å². The third-order valence-electron chi connectivity index (χ3n) is 4.30. The SMILES string of the molecule is O=C(OCn1cnc2[nH][n+](COC(=O)c3ccccc3)cc2c1=O)c1ccccc1. The van der Waals surface area contributed by atoms with Gasteiger partial charge in [-0.1, -0.05) is 41.1 Å². The Kier molecular flexibility index (Phi) is 5.33. The van der Waals surface area contributed by atoms with Gasteiger partial charge in [0.05, 0.1) is 11.1 Å². The van der Waals surface area contributed by atoms with Gasteiger partial charge in [0.2, 0.25) is 11.8 Å². The zero-order valence-corrected chi connectivity index (χ0v) is 15.7. The molecule has 1 N–H and O–H groups in total. The third kappa shape index (κ3) is 4.09. The van der Waals surface area contributed by atoms with Gasteiger partial charge in [-0.25, -0.2) is 14.6 Å². The quantitative estimate of drug-likeness (QED) is 0.386. The van der Waals surface area contributed by atoms with E-state index in [2.05, 4.69) is 10.1 Å². The molecule has 0 aliphatic carbocycles. The summed E-state index contributed by atoms with van der Waals surface area (Å²) in [5, 5.41) is 3.14. The number of hydrogen-bond donors (Lipinski definition) is 1. The maximum absolute atomic E-state index is 12.6. The minimum atomic E-state index is -0.542. The van der Waals surface area contributed by atoms with Gasteiger partial charge < -0.3 is 9.47 Å². The Hall–Kier alpha value is -4.27. The van der Waals surface area contributed by atoms with Gasteiger partial charge in [0.15, 0.2) is 12.1 Å². The number of aromatic nitrogens is 4. The molecule has 2 heterocycles. The standard InChI is InChI=1S/C21H16N4O5/c26-19-17-11-25(14-30-21(28)16-9-5-2-6-10-16)23-18(17)22-12-24(19)13-29-20(27)15-7-3-1-4-8-15/h1-12H,13-14H2/p+1. The molecule has 0 aliphatic heterocycles. The van der Waals surface area contributed by atoms with Gasteiger partial charge in [-0.05, 0) is 24.3 Å². The van der Waals surface area contributed by atoms with Crippen LogP contribution >= 0.6 is 0 Å². The molecule has 4 aromatic rings. The summed E-state index contributed by atoms with van der Waals surface area (Å²) < 4.78 is 13.0. The lowest BCUT2D eigenvalue weighted by atomic mass is 10.2. The molecule has 9 nitrogen and oxygen atoms in total. The molecular weight excluding hydrogens is 388 g/mol. The number of nitrogens with zero attached hydrogens (tertiary/aromatic N) is 3. The van der Waals surface area contributed by atoms with Crippen LogP contribution in [-0.4, -0.2) is 26.6 Å². The van der Waals surface area contributed by atoms with Crippen molar-refractivity contribution in [2.45, 2.75) is 13.5 Å². The van der Waals surface area contributed by atoms with Gasteiger partial charge in [0.25, 0.3) is 5.56 Å². The van der Waals surface area contributed by atoms with Crippen LogP contribution in [0, 0.1) is 0 Å². The Morgan fingerprint density at radius 3 is 2.17 bits per heavy atom. The number of benzene rings is 2. The maximum atomic E-state index is 12.6. The lowest BCUT2D eigenvalue weighted by Gasteiger charge is -2.06. The van der Waals surface area contributed by atoms with E-state index in [-0.39, 0.29) is 18.8 Å². The Morgan fingerprint density at radius 2 is 1.53 bits per heavy atom. The van der Waals surface area contributed by atoms with Crippen LogP contribution in [0.3, 0.4) is 0 Å². The summed E-state index contributed by atoms with van der Waals surface area (Å²) in [7, 11) is 0. The second-order valence-corrected chi connectivity index (χ2v) is 6.35. The van der Waals surface area contributed by atoms with E-state index in [0.717, 1.165) is 0 Å². The van der Waals surface area contributed by atoms with Gasteiger partial charge >= 0.3 is 18.7 Å². The van der Waals surface area contributed by atoms with Crippen LogP contribution in [0.25, 0.3) is 11.0 Å². The first-order chi connectivity index (χ1) is 14.6. The average Bonchev–Trinajstić information content (AvgIpc) is 3.22. The van der Waals surface area contributed by atoms with E-state index < -0.39 is 17.5 Å². The van der Waals surface area contributed by atoms with Crippen molar-refractivity contribution in [2.24, 2.45) is 0 Å². The number of carbonyl (C=O) groups excluding carboxylic acids is 2. The van der Waals surface area contributed by atoms with E-state index in [9.17, 15) is 14.4 Å². The van der Waals surface area contributed by atoms with Crippen molar-refractivity contribution < 1.29 is 23.7 Å². The summed E-state index contributed by atoms with van der Waals surface area (Å²) in [6, 6.07) is 17.1. The summed E-state index contributed by atoms with van der Waals surface area (Å²) in [6.45, 7) is -0.393. The van der Waals surface area contributed by atoms with E-state index in [0.29, 0.717) is 16.8 Å². The monoisotopic (exact) mass is 405 g/mol. The highest BCUT2D eigenvalue weighted by Crippen LogP contribution is 2.04. The zero-order chi connectivity index (χ0) is 20.9. The Bertz CT molecular complexity index is 1250. The molecule has 0 bridgehead atoms. The number of fused-ring (bicyclic) bond motifs is 1. The molecule has 150 valence electrons. The number of rotatable bonds is 6. The molecule has 0 saturated carbocycles. The van der Waals surface area contributed by atoms with E-state index in [1.807, 2.05) is 0 Å². The van der Waals surface area contributed by atoms with Crippen molar-refractivity contribution in [2.75, 3.05) is 0 Å². The smallest absolute Gasteiger partial charge is 0.343 e. The molecule has 0 spiro atoms. The van der Waals surface area contributed by atoms with Crippen LogP contribution in [0.1, 0.15) is 20.7 Å². The number of carbonyl (C=O) groups is 2. The second kappa shape index (κ2) is 8.39. The van der Waals surface area contributed by atoms with Crippen LogP contribution < -0.4 is 10.2 Å². The van der Waals surface area contributed by atoms with E-state index in [4.69, 9.17) is 9.47 Å². The highest BCUT2D eigenvalue weighted by atomic mass is 16.5. The lowest BCUT2D eigenvalue weighted by Crippen LogP contribution is -2.37. The highest BCUT2D eigenvalue weighted by molar-refractivity contribution is 5.89. The molecule has 30 heavy (non-hydrogen) atoms. The number of hydrogen-bond acceptors (Lipinski definition) is 6. The van der Waals surface area contributed by atoms with Crippen LogP contribution in [0.4, 0.5) is 0 Å². The molecule has 0 radical (unpaired) electrons. The maximum Gasteiger partial charge on any atom is 0.343 e. The molecule has 9 heteroatoms. The highest BCUT2D eigenvalue weighted by Gasteiger charge is 2.17. The molecule has 0 fully saturated rings. The average molecular weight is 405 g/mol. The van der Waals surface area contributed by atoms with E-state index in [1.165, 1.54) is 21.8 Å². The van der Waals surface area contributed by atoms with Gasteiger partial charge in [-0.15, -0.1) is 5.10 Å². The van der Waals surface area contributed by atoms with Crippen molar-refractivity contribution >= 4 is 23.0 Å². The third-order valence-corrected chi connectivity index (χ3v) is 4.30. The minimum absolute atomic E-state index is 0.119. The molecule has 2 aromatic heterocycles. The number of H-pyrrole nitrogens is 1. The van der Waals surface area contributed by atoms with Crippen LogP contribution in [0.5, 0.6) is 0 Å². The first-order valence-electron chi connectivity index (χ1n) is 9.04. The molecule has 0 unspecified atom stereocenters. The van der Waals surface area contributed by atoms with Crippen molar-refractivity contribution in [3.8, 4) is 0 Å². The van der Waals surface area contributed by atoms with Gasteiger partial charge in [0.1, 0.15) is 6.33 Å². The molecule has 0 aliphatic rings.